The Morgan fingerprint density at radius 3 is 2.39 bits per heavy atom. The number of benzene rings is 1. The molecule has 11 nitrogen and oxygen atoms in total. The van der Waals surface area contributed by atoms with Crippen molar-refractivity contribution in [3.05, 3.63) is 58.2 Å². The molecule has 1 N–H and O–H groups in total. The first-order valence-electron chi connectivity index (χ1n) is 13.4. The Kier molecular flexibility index (Phi) is 4.85. The molecular weight excluding hydrogens is 556 g/mol. The molecule has 0 spiro atoms. The van der Waals surface area contributed by atoms with Crippen molar-refractivity contribution in [2.45, 2.75) is 32.1 Å². The Labute approximate surface area is 232 Å². The van der Waals surface area contributed by atoms with Gasteiger partial charge in [0.15, 0.2) is 11.2 Å². The van der Waals surface area contributed by atoms with Crippen LogP contribution in [0.25, 0.3) is 11.2 Å². The van der Waals surface area contributed by atoms with Crippen LogP contribution in [-0.4, -0.2) is 36.7 Å². The van der Waals surface area contributed by atoms with Gasteiger partial charge in [0.05, 0.1) is 10.3 Å². The van der Waals surface area contributed by atoms with Gasteiger partial charge < -0.3 is 18.6 Å². The van der Waals surface area contributed by atoms with Gasteiger partial charge in [-0.15, -0.1) is 0 Å². The number of ether oxygens (including phenoxy) is 3. The number of fused-ring (bicyclic) bond motifs is 2. The molecule has 6 aliphatic carbocycles. The van der Waals surface area contributed by atoms with Crippen molar-refractivity contribution in [1.82, 2.24) is 0 Å². The van der Waals surface area contributed by atoms with Crippen LogP contribution in [0.15, 0.2) is 51.5 Å². The van der Waals surface area contributed by atoms with Gasteiger partial charge in [-0.3, -0.25) is 14.1 Å². The highest BCUT2D eigenvalue weighted by atomic mass is 32.2. The third-order valence-electron chi connectivity index (χ3n) is 9.38. The smallest absolute Gasteiger partial charge is 0.348 e. The summed E-state index contributed by atoms with van der Waals surface area (Å²) in [6, 6.07) is 0. The van der Waals surface area contributed by atoms with E-state index in [0.717, 1.165) is 12.8 Å². The summed E-state index contributed by atoms with van der Waals surface area (Å²) in [5.74, 6) is -2.76. The SMILES string of the molecule is O=C1Oc2c(OC(=O)C34CC5CC(C3)C(=O)C(C5)C4)c3oc2c1c3C(=O)OC1=CC2C=CC(S(=O)(=O)O)=CC2C=C1. The second kappa shape index (κ2) is 8.04. The minimum Gasteiger partial charge on any atom is -0.447 e. The Balaban J connectivity index is 1.06. The van der Waals surface area contributed by atoms with Gasteiger partial charge in [0.1, 0.15) is 22.7 Å². The summed E-state index contributed by atoms with van der Waals surface area (Å²) in [6.45, 7) is 0. The molecule has 0 aromatic carbocycles. The van der Waals surface area contributed by atoms with Gasteiger partial charge in [-0.05, 0) is 56.3 Å². The number of carbonyl (C=O) groups is 4. The number of hydrogen-bond acceptors (Lipinski definition) is 10. The van der Waals surface area contributed by atoms with Gasteiger partial charge in [0.2, 0.25) is 11.5 Å². The maximum absolute atomic E-state index is 13.6. The van der Waals surface area contributed by atoms with E-state index in [-0.39, 0.29) is 73.9 Å². The van der Waals surface area contributed by atoms with Gasteiger partial charge in [0.25, 0.3) is 10.1 Å². The molecule has 4 saturated carbocycles. The lowest BCUT2D eigenvalue weighted by Crippen LogP contribution is -2.55. The van der Waals surface area contributed by atoms with Gasteiger partial charge in [-0.25, -0.2) is 9.59 Å². The molecular formula is C29H22O11S. The van der Waals surface area contributed by atoms with Gasteiger partial charge in [0, 0.05) is 23.7 Å². The van der Waals surface area contributed by atoms with Crippen LogP contribution in [0.3, 0.4) is 0 Å². The second-order valence-corrected chi connectivity index (χ2v) is 13.3. The Bertz CT molecular complexity index is 1820. The maximum atomic E-state index is 13.6. The summed E-state index contributed by atoms with van der Waals surface area (Å²) in [5.41, 5.74) is -1.22. The largest absolute Gasteiger partial charge is 0.447 e. The molecule has 4 unspecified atom stereocenters. The summed E-state index contributed by atoms with van der Waals surface area (Å²) >= 11 is 0. The molecule has 41 heavy (non-hydrogen) atoms. The first-order valence-corrected chi connectivity index (χ1v) is 14.8. The van der Waals surface area contributed by atoms with Gasteiger partial charge >= 0.3 is 17.9 Å². The summed E-state index contributed by atoms with van der Waals surface area (Å²) in [5, 5.41) is 0. The molecule has 2 aromatic rings. The van der Waals surface area contributed by atoms with Crippen LogP contribution in [0.2, 0.25) is 0 Å². The summed E-state index contributed by atoms with van der Waals surface area (Å²) < 4.78 is 54.6. The lowest BCUT2D eigenvalue weighted by atomic mass is 9.49. The Morgan fingerprint density at radius 2 is 1.66 bits per heavy atom. The summed E-state index contributed by atoms with van der Waals surface area (Å²) in [4.78, 5) is 52.0. The average molecular weight is 579 g/mol. The van der Waals surface area contributed by atoms with Crippen molar-refractivity contribution < 1.29 is 50.8 Å². The summed E-state index contributed by atoms with van der Waals surface area (Å²) in [7, 11) is -4.35. The molecule has 0 radical (unpaired) electrons. The zero-order valence-corrected chi connectivity index (χ0v) is 22.1. The predicted molar refractivity (Wildman–Crippen MR) is 137 cm³/mol. The quantitative estimate of drug-likeness (QED) is 0.311. The van der Waals surface area contributed by atoms with Gasteiger partial charge in [-0.2, -0.15) is 8.42 Å². The minimum absolute atomic E-state index is 0.00626. The highest BCUT2D eigenvalue weighted by Crippen LogP contribution is 2.60. The maximum Gasteiger partial charge on any atom is 0.348 e. The van der Waals surface area contributed by atoms with Crippen LogP contribution >= 0.6 is 0 Å². The predicted octanol–water partition coefficient (Wildman–Crippen LogP) is 3.89. The first kappa shape index (κ1) is 24.7. The first-order chi connectivity index (χ1) is 19.5. The molecule has 4 atom stereocenters. The molecule has 9 rings (SSSR count). The number of esters is 3. The molecule has 1 aliphatic heterocycles. The molecule has 210 valence electrons. The van der Waals surface area contributed by atoms with Crippen molar-refractivity contribution in [2.24, 2.45) is 35.0 Å². The third kappa shape index (κ3) is 3.50. The van der Waals surface area contributed by atoms with Crippen molar-refractivity contribution >= 4 is 45.0 Å². The van der Waals surface area contributed by atoms with E-state index in [2.05, 4.69) is 0 Å². The van der Waals surface area contributed by atoms with Crippen molar-refractivity contribution in [2.75, 3.05) is 0 Å². The average Bonchev–Trinajstić information content (AvgIpc) is 3.54. The van der Waals surface area contributed by atoms with Crippen LogP contribution in [0.4, 0.5) is 0 Å². The normalized spacial score (nSPS) is 32.7. The fourth-order valence-corrected chi connectivity index (χ4v) is 8.34. The molecule has 7 aliphatic rings. The zero-order valence-electron chi connectivity index (χ0n) is 21.3. The number of carbonyl (C=O) groups excluding carboxylic acids is 4. The number of rotatable bonds is 5. The van der Waals surface area contributed by atoms with Crippen LogP contribution in [-0.2, 0) is 24.4 Å². The molecule has 6 bridgehead atoms. The van der Waals surface area contributed by atoms with Crippen molar-refractivity contribution in [3.63, 3.8) is 0 Å². The molecule has 12 heteroatoms. The van der Waals surface area contributed by atoms with E-state index in [0.29, 0.717) is 25.2 Å². The van der Waals surface area contributed by atoms with Crippen LogP contribution < -0.4 is 9.47 Å². The number of allylic oxidation sites excluding steroid dienone is 6. The van der Waals surface area contributed by atoms with Crippen LogP contribution in [0, 0.1) is 35.0 Å². The monoisotopic (exact) mass is 578 g/mol. The number of Topliss-reactive ketones (excluding diaryl/α,β-unsaturated/α-hetero) is 1. The standard InChI is InChI=1S/C29H22O11S/c30-21-15-5-12-6-16(21)11-29(9-12,10-15)28(33)40-25-23-19(20-22(38-23)24(25)39-27(20)32)26(31)37-17-3-1-14-8-18(41(34,35)36)4-2-13(14)7-17/h1-4,7-8,12-16H,5-6,9-11H2,(H,34,35,36). The Hall–Kier alpha value is -4.03. The number of furan rings is 2. The highest BCUT2D eigenvalue weighted by molar-refractivity contribution is 7.90. The van der Waals surface area contributed by atoms with Crippen LogP contribution in [0.1, 0.15) is 52.8 Å². The molecule has 4 fully saturated rings. The third-order valence-corrected chi connectivity index (χ3v) is 10.3. The lowest BCUT2D eigenvalue weighted by Gasteiger charge is -2.53. The van der Waals surface area contributed by atoms with E-state index in [9.17, 15) is 32.1 Å². The molecule has 0 saturated heterocycles. The second-order valence-electron chi connectivity index (χ2n) is 11.8. The fraction of sp³-hybridized carbons (Fsp3) is 0.379. The molecule has 2 aromatic heterocycles. The van der Waals surface area contributed by atoms with Crippen molar-refractivity contribution in [3.8, 4) is 11.5 Å². The van der Waals surface area contributed by atoms with E-state index in [1.165, 1.54) is 18.2 Å². The van der Waals surface area contributed by atoms with Crippen LogP contribution in [0.5, 0.6) is 11.5 Å². The lowest BCUT2D eigenvalue weighted by molar-refractivity contribution is -0.167. The highest BCUT2D eigenvalue weighted by Gasteiger charge is 2.59. The topological polar surface area (TPSA) is 163 Å². The summed E-state index contributed by atoms with van der Waals surface area (Å²) in [6.07, 6.45) is 12.1. The van der Waals surface area contributed by atoms with E-state index in [1.54, 1.807) is 18.2 Å². The molecule has 0 amide bonds. The fourth-order valence-electron chi connectivity index (χ4n) is 7.76. The van der Waals surface area contributed by atoms with E-state index in [4.69, 9.17) is 18.6 Å². The minimum atomic E-state index is -4.35. The van der Waals surface area contributed by atoms with Crippen molar-refractivity contribution in [1.29, 1.82) is 0 Å². The molecule has 3 heterocycles. The van der Waals surface area contributed by atoms with Gasteiger partial charge in [-0.1, -0.05) is 18.2 Å². The van der Waals surface area contributed by atoms with E-state index in [1.807, 2.05) is 0 Å². The zero-order chi connectivity index (χ0) is 28.4. The number of ketones is 1. The van der Waals surface area contributed by atoms with E-state index < -0.39 is 33.4 Å². The van der Waals surface area contributed by atoms with E-state index >= 15 is 0 Å². The number of hydrogen-bond donors (Lipinski definition) is 1. The Morgan fingerprint density at radius 1 is 0.951 bits per heavy atom.